The Labute approximate surface area is 136 Å². The lowest BCUT2D eigenvalue weighted by Gasteiger charge is -2.19. The van der Waals surface area contributed by atoms with Gasteiger partial charge < -0.3 is 4.90 Å². The predicted molar refractivity (Wildman–Crippen MR) is 81.5 cm³/mol. The van der Waals surface area contributed by atoms with Crippen LogP contribution in [0.25, 0.3) is 0 Å². The van der Waals surface area contributed by atoms with Crippen LogP contribution < -0.4 is 4.90 Å². The van der Waals surface area contributed by atoms with Gasteiger partial charge in [0, 0.05) is 32.5 Å². The molecule has 2 aromatic rings. The molecule has 3 heterocycles. The number of hydrogen-bond donors (Lipinski definition) is 0. The first-order chi connectivity index (χ1) is 10.8. The fourth-order valence-electron chi connectivity index (χ4n) is 2.92. The summed E-state index contributed by atoms with van der Waals surface area (Å²) in [5, 5.41) is 4.19. The Hall–Kier alpha value is -1.76. The number of pyridine rings is 1. The second kappa shape index (κ2) is 6.03. The van der Waals surface area contributed by atoms with Crippen LogP contribution in [0.3, 0.4) is 0 Å². The number of rotatable bonds is 3. The third-order valence-electron chi connectivity index (χ3n) is 4.02. The topological polar surface area (TPSA) is 34.0 Å². The maximum absolute atomic E-state index is 12.7. The van der Waals surface area contributed by atoms with Gasteiger partial charge >= 0.3 is 6.18 Å². The highest BCUT2D eigenvalue weighted by Crippen LogP contribution is 2.35. The first-order valence-electron chi connectivity index (χ1n) is 7.28. The van der Waals surface area contributed by atoms with E-state index in [0.29, 0.717) is 11.7 Å². The molecule has 3 rings (SSSR count). The molecule has 0 spiro atoms. The van der Waals surface area contributed by atoms with Gasteiger partial charge in [-0.3, -0.25) is 4.68 Å². The highest BCUT2D eigenvalue weighted by atomic mass is 35.5. The fourth-order valence-corrected chi connectivity index (χ4v) is 3.21. The summed E-state index contributed by atoms with van der Waals surface area (Å²) in [4.78, 5) is 5.88. The van der Waals surface area contributed by atoms with E-state index in [9.17, 15) is 13.2 Å². The van der Waals surface area contributed by atoms with Crippen molar-refractivity contribution < 1.29 is 13.2 Å². The molecule has 1 aliphatic heterocycles. The monoisotopic (exact) mass is 344 g/mol. The molecule has 0 saturated carbocycles. The Morgan fingerprint density at radius 3 is 2.74 bits per heavy atom. The molecule has 1 saturated heterocycles. The molecular weight excluding hydrogens is 329 g/mol. The zero-order chi connectivity index (χ0) is 16.6. The standard InChI is InChI=1S/C15H16ClF3N4/c1-22-8-11(6-21-22)4-10-2-3-23(9-10)14-13(16)5-12(7-20-14)15(17,18)19/h5-8,10H,2-4,9H2,1H3. The van der Waals surface area contributed by atoms with Gasteiger partial charge in [0.05, 0.1) is 16.8 Å². The van der Waals surface area contributed by atoms with Crippen LogP contribution in [0, 0.1) is 5.92 Å². The molecule has 1 atom stereocenters. The van der Waals surface area contributed by atoms with Crippen LogP contribution in [0.1, 0.15) is 17.5 Å². The van der Waals surface area contributed by atoms with Crippen LogP contribution in [-0.4, -0.2) is 27.9 Å². The Kier molecular flexibility index (Phi) is 4.23. The highest BCUT2D eigenvalue weighted by molar-refractivity contribution is 6.33. The van der Waals surface area contributed by atoms with Gasteiger partial charge in [-0.1, -0.05) is 11.6 Å². The molecule has 2 aromatic heterocycles. The van der Waals surface area contributed by atoms with Crippen LogP contribution in [0.5, 0.6) is 0 Å². The average Bonchev–Trinajstić information content (AvgIpc) is 3.07. The molecule has 1 unspecified atom stereocenters. The number of nitrogens with zero attached hydrogens (tertiary/aromatic N) is 4. The van der Waals surface area contributed by atoms with Gasteiger partial charge in [-0.15, -0.1) is 0 Å². The summed E-state index contributed by atoms with van der Waals surface area (Å²) < 4.78 is 39.7. The van der Waals surface area contributed by atoms with Gasteiger partial charge in [0.1, 0.15) is 5.82 Å². The van der Waals surface area contributed by atoms with E-state index >= 15 is 0 Å². The summed E-state index contributed by atoms with van der Waals surface area (Å²) >= 11 is 6.01. The second-order valence-corrected chi connectivity index (χ2v) is 6.26. The minimum Gasteiger partial charge on any atom is -0.355 e. The summed E-state index contributed by atoms with van der Waals surface area (Å²) in [5.74, 6) is 0.840. The number of anilines is 1. The van der Waals surface area contributed by atoms with Crippen molar-refractivity contribution in [1.29, 1.82) is 0 Å². The van der Waals surface area contributed by atoms with Gasteiger partial charge in [0.2, 0.25) is 0 Å². The summed E-state index contributed by atoms with van der Waals surface area (Å²) in [6.45, 7) is 1.47. The third kappa shape index (κ3) is 3.60. The third-order valence-corrected chi connectivity index (χ3v) is 4.30. The second-order valence-electron chi connectivity index (χ2n) is 5.85. The molecule has 4 nitrogen and oxygen atoms in total. The number of halogens is 4. The van der Waals surface area contributed by atoms with Gasteiger partial charge in [-0.2, -0.15) is 18.3 Å². The van der Waals surface area contributed by atoms with E-state index in [-0.39, 0.29) is 5.02 Å². The predicted octanol–water partition coefficient (Wildman–Crippen LogP) is 3.56. The quantitative estimate of drug-likeness (QED) is 0.853. The van der Waals surface area contributed by atoms with Gasteiger partial charge in [-0.05, 0) is 30.4 Å². The van der Waals surface area contributed by atoms with E-state index in [0.717, 1.165) is 43.8 Å². The van der Waals surface area contributed by atoms with Crippen LogP contribution in [-0.2, 0) is 19.6 Å². The maximum atomic E-state index is 12.7. The van der Waals surface area contributed by atoms with Crippen molar-refractivity contribution in [2.24, 2.45) is 13.0 Å². The minimum atomic E-state index is -4.43. The Morgan fingerprint density at radius 2 is 2.13 bits per heavy atom. The van der Waals surface area contributed by atoms with Gasteiger partial charge in [-0.25, -0.2) is 4.98 Å². The lowest BCUT2D eigenvalue weighted by atomic mass is 10.0. The van der Waals surface area contributed by atoms with Crippen molar-refractivity contribution in [2.45, 2.75) is 19.0 Å². The average molecular weight is 345 g/mol. The van der Waals surface area contributed by atoms with Crippen LogP contribution in [0.4, 0.5) is 19.0 Å². The van der Waals surface area contributed by atoms with Crippen molar-refractivity contribution in [3.05, 3.63) is 40.8 Å². The van der Waals surface area contributed by atoms with E-state index in [4.69, 9.17) is 11.6 Å². The van der Waals surface area contributed by atoms with Crippen molar-refractivity contribution in [2.75, 3.05) is 18.0 Å². The molecule has 0 aromatic carbocycles. The molecule has 124 valence electrons. The lowest BCUT2D eigenvalue weighted by molar-refractivity contribution is -0.137. The molecule has 0 aliphatic carbocycles. The van der Waals surface area contributed by atoms with E-state index in [2.05, 4.69) is 10.1 Å². The number of hydrogen-bond acceptors (Lipinski definition) is 3. The summed E-state index contributed by atoms with van der Waals surface area (Å²) in [6.07, 6.45) is 2.08. The van der Waals surface area contributed by atoms with E-state index in [1.165, 1.54) is 0 Å². The zero-order valence-corrected chi connectivity index (χ0v) is 13.3. The lowest BCUT2D eigenvalue weighted by Crippen LogP contribution is -2.22. The van der Waals surface area contributed by atoms with E-state index in [1.807, 2.05) is 24.3 Å². The fraction of sp³-hybridized carbons (Fsp3) is 0.467. The largest absolute Gasteiger partial charge is 0.417 e. The minimum absolute atomic E-state index is 0.0434. The Balaban J connectivity index is 1.69. The number of aryl methyl sites for hydroxylation is 1. The molecule has 23 heavy (non-hydrogen) atoms. The first-order valence-corrected chi connectivity index (χ1v) is 7.66. The maximum Gasteiger partial charge on any atom is 0.417 e. The molecular formula is C15H16ClF3N4. The Morgan fingerprint density at radius 1 is 1.35 bits per heavy atom. The summed E-state index contributed by atoms with van der Waals surface area (Å²) in [7, 11) is 1.87. The summed E-state index contributed by atoms with van der Waals surface area (Å²) in [6, 6.07) is 0.943. The molecule has 0 bridgehead atoms. The molecule has 0 amide bonds. The molecule has 1 aliphatic rings. The first kappa shape index (κ1) is 16.1. The van der Waals surface area contributed by atoms with Crippen molar-refractivity contribution in [1.82, 2.24) is 14.8 Å². The molecule has 0 radical (unpaired) electrons. The van der Waals surface area contributed by atoms with E-state index < -0.39 is 11.7 Å². The smallest absolute Gasteiger partial charge is 0.355 e. The summed E-state index contributed by atoms with van der Waals surface area (Å²) in [5.41, 5.74) is 0.336. The zero-order valence-electron chi connectivity index (χ0n) is 12.5. The van der Waals surface area contributed by atoms with Crippen molar-refractivity contribution >= 4 is 17.4 Å². The normalized spacial score (nSPS) is 18.7. The molecule has 8 heteroatoms. The van der Waals surface area contributed by atoms with Crippen LogP contribution in [0.2, 0.25) is 5.02 Å². The number of aromatic nitrogens is 3. The molecule has 0 N–H and O–H groups in total. The SMILES string of the molecule is Cn1cc(CC2CCN(c3ncc(C(F)(F)F)cc3Cl)C2)cn1. The van der Waals surface area contributed by atoms with Gasteiger partial charge in [0.15, 0.2) is 0 Å². The van der Waals surface area contributed by atoms with Crippen molar-refractivity contribution in [3.63, 3.8) is 0 Å². The highest BCUT2D eigenvalue weighted by Gasteiger charge is 2.33. The van der Waals surface area contributed by atoms with Crippen molar-refractivity contribution in [3.8, 4) is 0 Å². The molecule has 1 fully saturated rings. The Bertz CT molecular complexity index is 698. The van der Waals surface area contributed by atoms with E-state index in [1.54, 1.807) is 4.68 Å². The number of alkyl halides is 3. The van der Waals surface area contributed by atoms with Gasteiger partial charge in [0.25, 0.3) is 0 Å². The van der Waals surface area contributed by atoms with Crippen LogP contribution >= 0.6 is 11.6 Å². The van der Waals surface area contributed by atoms with Crippen LogP contribution in [0.15, 0.2) is 24.7 Å².